The minimum absolute atomic E-state index is 0.125. The van der Waals surface area contributed by atoms with Gasteiger partial charge in [-0.15, -0.1) is 0 Å². The summed E-state index contributed by atoms with van der Waals surface area (Å²) in [6.07, 6.45) is -1.80. The van der Waals surface area contributed by atoms with Gasteiger partial charge in [-0.2, -0.15) is 5.10 Å². The van der Waals surface area contributed by atoms with Crippen molar-refractivity contribution in [2.24, 2.45) is 0 Å². The zero-order chi connectivity index (χ0) is 21.4. The average molecular weight is 407 g/mol. The number of carboxylic acids is 1. The van der Waals surface area contributed by atoms with Gasteiger partial charge in [0.05, 0.1) is 28.0 Å². The van der Waals surface area contributed by atoms with E-state index in [-0.39, 0.29) is 11.1 Å². The molecule has 1 N–H and O–H groups in total. The highest BCUT2D eigenvalue weighted by Gasteiger charge is 2.21. The van der Waals surface area contributed by atoms with Gasteiger partial charge in [0.25, 0.3) is 6.43 Å². The smallest absolute Gasteiger partial charge is 0.335 e. The number of rotatable bonds is 5. The number of halogens is 2. The fourth-order valence-corrected chi connectivity index (χ4v) is 3.48. The summed E-state index contributed by atoms with van der Waals surface area (Å²) in [4.78, 5) is 15.8. The van der Waals surface area contributed by atoms with E-state index >= 15 is 0 Å². The maximum absolute atomic E-state index is 13.9. The highest BCUT2D eigenvalue weighted by atomic mass is 19.3. The third kappa shape index (κ3) is 3.43. The van der Waals surface area contributed by atoms with E-state index in [4.69, 9.17) is 5.11 Å². The van der Waals surface area contributed by atoms with Gasteiger partial charge in [0.1, 0.15) is 0 Å². The number of carbonyl (C=O) groups is 1. The van der Waals surface area contributed by atoms with Crippen LogP contribution >= 0.6 is 0 Å². The first-order valence-corrected chi connectivity index (χ1v) is 9.50. The van der Waals surface area contributed by atoms with Crippen molar-refractivity contribution in [3.63, 3.8) is 0 Å². The second kappa shape index (κ2) is 7.67. The summed E-state index contributed by atoms with van der Waals surface area (Å²) in [5, 5.41) is 13.8. The second-order valence-electron chi connectivity index (χ2n) is 7.00. The number of hydrogen-bond donors (Lipinski definition) is 1. The number of aromatic carboxylic acids is 1. The van der Waals surface area contributed by atoms with Crippen LogP contribution in [0, 0.1) is 6.92 Å². The Morgan fingerprint density at radius 1 is 1.10 bits per heavy atom. The molecule has 0 aliphatic heterocycles. The van der Waals surface area contributed by atoms with Gasteiger partial charge < -0.3 is 5.11 Å². The Bertz CT molecular complexity index is 1230. The molecule has 0 fully saturated rings. The molecule has 30 heavy (non-hydrogen) atoms. The Morgan fingerprint density at radius 2 is 1.77 bits per heavy atom. The molecule has 0 saturated carbocycles. The van der Waals surface area contributed by atoms with Crippen molar-refractivity contribution in [2.75, 3.05) is 0 Å². The lowest BCUT2D eigenvalue weighted by molar-refractivity contribution is 0.0697. The number of hydrogen-bond acceptors (Lipinski definition) is 3. The number of alkyl halides is 2. The van der Waals surface area contributed by atoms with Gasteiger partial charge in [-0.3, -0.25) is 0 Å². The Balaban J connectivity index is 1.93. The molecule has 0 amide bonds. The van der Waals surface area contributed by atoms with E-state index < -0.39 is 12.4 Å². The SMILES string of the molecule is CCc1ccc(-c2cc(C(F)F)c3c(C)nn(-c4ccc(C(=O)O)cc4)c3n2)cc1. The number of aryl methyl sites for hydroxylation is 2. The summed E-state index contributed by atoms with van der Waals surface area (Å²) in [5.74, 6) is -1.04. The van der Waals surface area contributed by atoms with Crippen molar-refractivity contribution in [2.45, 2.75) is 26.7 Å². The van der Waals surface area contributed by atoms with Gasteiger partial charge in [-0.1, -0.05) is 31.2 Å². The van der Waals surface area contributed by atoms with E-state index in [2.05, 4.69) is 10.1 Å². The molecule has 0 radical (unpaired) electrons. The highest BCUT2D eigenvalue weighted by molar-refractivity contribution is 5.89. The minimum atomic E-state index is -2.69. The molecule has 2 aromatic heterocycles. The van der Waals surface area contributed by atoms with Crippen LogP contribution in [0.2, 0.25) is 0 Å². The maximum Gasteiger partial charge on any atom is 0.335 e. The molecule has 2 aromatic carbocycles. The monoisotopic (exact) mass is 407 g/mol. The first kappa shape index (κ1) is 19.7. The van der Waals surface area contributed by atoms with Gasteiger partial charge in [-0.05, 0) is 49.2 Å². The third-order valence-corrected chi connectivity index (χ3v) is 5.10. The number of carboxylic acid groups (broad SMARTS) is 1. The Kier molecular flexibility index (Phi) is 5.03. The second-order valence-corrected chi connectivity index (χ2v) is 7.00. The van der Waals surface area contributed by atoms with E-state index in [0.29, 0.717) is 28.1 Å². The maximum atomic E-state index is 13.9. The van der Waals surface area contributed by atoms with E-state index in [1.165, 1.54) is 22.9 Å². The molecule has 0 unspecified atom stereocenters. The molecule has 2 heterocycles. The Morgan fingerprint density at radius 3 is 2.33 bits per heavy atom. The quantitative estimate of drug-likeness (QED) is 0.468. The van der Waals surface area contributed by atoms with Gasteiger partial charge in [0, 0.05) is 11.1 Å². The first-order valence-electron chi connectivity index (χ1n) is 9.50. The largest absolute Gasteiger partial charge is 0.478 e. The van der Waals surface area contributed by atoms with Crippen LogP contribution in [0.4, 0.5) is 8.78 Å². The van der Waals surface area contributed by atoms with Crippen molar-refractivity contribution in [1.82, 2.24) is 14.8 Å². The summed E-state index contributed by atoms with van der Waals surface area (Å²) >= 11 is 0. The van der Waals surface area contributed by atoms with Crippen molar-refractivity contribution in [3.8, 4) is 16.9 Å². The van der Waals surface area contributed by atoms with Crippen LogP contribution in [0.5, 0.6) is 0 Å². The van der Waals surface area contributed by atoms with Crippen molar-refractivity contribution in [3.05, 3.63) is 77.0 Å². The van der Waals surface area contributed by atoms with Crippen LogP contribution in [-0.4, -0.2) is 25.8 Å². The molecule has 0 spiro atoms. The summed E-state index contributed by atoms with van der Waals surface area (Å²) < 4.78 is 29.3. The third-order valence-electron chi connectivity index (χ3n) is 5.10. The zero-order valence-electron chi connectivity index (χ0n) is 16.4. The summed E-state index contributed by atoms with van der Waals surface area (Å²) in [7, 11) is 0. The highest BCUT2D eigenvalue weighted by Crippen LogP contribution is 2.34. The van der Waals surface area contributed by atoms with Crippen LogP contribution in [0.3, 0.4) is 0 Å². The molecule has 152 valence electrons. The fraction of sp³-hybridized carbons (Fsp3) is 0.174. The molecule has 4 aromatic rings. The summed E-state index contributed by atoms with van der Waals surface area (Å²) in [5.41, 5.74) is 3.61. The number of benzene rings is 2. The Hall–Kier alpha value is -3.61. The lowest BCUT2D eigenvalue weighted by Gasteiger charge is -2.09. The van der Waals surface area contributed by atoms with Crippen LogP contribution in [-0.2, 0) is 6.42 Å². The van der Waals surface area contributed by atoms with Crippen LogP contribution in [0.15, 0.2) is 54.6 Å². The number of aromatic nitrogens is 3. The molecular formula is C23H19F2N3O2. The van der Waals surface area contributed by atoms with E-state index in [1.54, 1.807) is 19.1 Å². The zero-order valence-corrected chi connectivity index (χ0v) is 16.4. The normalized spacial score (nSPS) is 11.4. The number of nitrogens with zero attached hydrogens (tertiary/aromatic N) is 3. The van der Waals surface area contributed by atoms with Gasteiger partial charge in [0.15, 0.2) is 5.65 Å². The van der Waals surface area contributed by atoms with Crippen LogP contribution < -0.4 is 0 Å². The van der Waals surface area contributed by atoms with E-state index in [1.807, 2.05) is 31.2 Å². The van der Waals surface area contributed by atoms with Crippen LogP contribution in [0.25, 0.3) is 28.0 Å². The van der Waals surface area contributed by atoms with Crippen molar-refractivity contribution >= 4 is 17.0 Å². The molecule has 5 nitrogen and oxygen atoms in total. The van der Waals surface area contributed by atoms with Gasteiger partial charge in [-0.25, -0.2) is 23.2 Å². The van der Waals surface area contributed by atoms with Gasteiger partial charge >= 0.3 is 5.97 Å². The van der Waals surface area contributed by atoms with E-state index in [9.17, 15) is 13.6 Å². The van der Waals surface area contributed by atoms with E-state index in [0.717, 1.165) is 17.5 Å². The minimum Gasteiger partial charge on any atom is -0.478 e. The molecule has 0 saturated heterocycles. The molecule has 7 heteroatoms. The number of pyridine rings is 1. The lowest BCUT2D eigenvalue weighted by atomic mass is 10.0. The fourth-order valence-electron chi connectivity index (χ4n) is 3.48. The van der Waals surface area contributed by atoms with Crippen molar-refractivity contribution < 1.29 is 18.7 Å². The summed E-state index contributed by atoms with van der Waals surface area (Å²) in [6.45, 7) is 3.71. The van der Waals surface area contributed by atoms with Crippen molar-refractivity contribution in [1.29, 1.82) is 0 Å². The van der Waals surface area contributed by atoms with Gasteiger partial charge in [0.2, 0.25) is 0 Å². The predicted octanol–water partition coefficient (Wildman–Crippen LogP) is 5.59. The Labute approximate surface area is 171 Å². The predicted molar refractivity (Wildman–Crippen MR) is 110 cm³/mol. The topological polar surface area (TPSA) is 68.0 Å². The molecule has 0 bridgehead atoms. The standard InChI is InChI=1S/C23H19F2N3O2/c1-3-14-4-6-15(7-5-14)19-12-18(21(24)25)20-13(2)27-28(22(20)26-19)17-10-8-16(9-11-17)23(29)30/h4-12,21H,3H2,1-2H3,(H,29,30). The molecular weight excluding hydrogens is 388 g/mol. The first-order chi connectivity index (χ1) is 14.4. The molecule has 0 aliphatic rings. The van der Waals surface area contributed by atoms with Crippen LogP contribution in [0.1, 0.15) is 40.5 Å². The number of fused-ring (bicyclic) bond motifs is 1. The lowest BCUT2D eigenvalue weighted by Crippen LogP contribution is -2.01. The summed E-state index contributed by atoms with van der Waals surface area (Å²) in [6, 6.07) is 15.1. The average Bonchev–Trinajstić information content (AvgIpc) is 3.09. The molecule has 0 aliphatic carbocycles. The molecule has 0 atom stereocenters. The molecule has 4 rings (SSSR count).